The van der Waals surface area contributed by atoms with Crippen LogP contribution in [0.25, 0.3) is 0 Å². The molecule has 2 rings (SSSR count). The van der Waals surface area contributed by atoms with Crippen molar-refractivity contribution in [3.8, 4) is 6.01 Å². The lowest BCUT2D eigenvalue weighted by molar-refractivity contribution is -0.383. The summed E-state index contributed by atoms with van der Waals surface area (Å²) in [7, 11) is 0. The number of nitro groups is 1. The summed E-state index contributed by atoms with van der Waals surface area (Å²) < 4.78 is 10.0. The van der Waals surface area contributed by atoms with Crippen molar-refractivity contribution in [2.75, 3.05) is 50.4 Å². The first-order chi connectivity index (χ1) is 17.2. The first-order valence-electron chi connectivity index (χ1n) is 12.3. The van der Waals surface area contributed by atoms with Gasteiger partial charge in [-0.25, -0.2) is 0 Å². The summed E-state index contributed by atoms with van der Waals surface area (Å²) in [6, 6.07) is -0.0806. The third kappa shape index (κ3) is 11.8. The van der Waals surface area contributed by atoms with Gasteiger partial charge in [-0.15, -0.1) is 0 Å². The fourth-order valence-corrected chi connectivity index (χ4v) is 3.18. The van der Waals surface area contributed by atoms with Crippen LogP contribution in [-0.2, 0) is 9.53 Å². The molecule has 200 valence electrons. The average molecular weight is 505 g/mol. The molecule has 1 saturated heterocycles. The van der Waals surface area contributed by atoms with Crippen molar-refractivity contribution in [1.82, 2.24) is 14.9 Å². The van der Waals surface area contributed by atoms with Crippen molar-refractivity contribution < 1.29 is 19.2 Å². The van der Waals surface area contributed by atoms with Crippen LogP contribution in [0.4, 0.5) is 17.3 Å². The lowest BCUT2D eigenvalue weighted by atomic mass is 10.2. The summed E-state index contributed by atoms with van der Waals surface area (Å²) >= 11 is 0. The number of carbonyl (C=O) groups is 1. The molecule has 0 aromatic carbocycles. The molecule has 1 aliphatic heterocycles. The maximum Gasteiger partial charge on any atom is 0.353 e. The van der Waals surface area contributed by atoms with Crippen molar-refractivity contribution in [2.24, 2.45) is 0 Å². The van der Waals surface area contributed by atoms with E-state index >= 15 is 0 Å². The van der Waals surface area contributed by atoms with Gasteiger partial charge in [-0.3, -0.25) is 19.8 Å². The minimum absolute atomic E-state index is 0.0806. The second kappa shape index (κ2) is 17.0. The number of nitrogen functional groups attached to an aromatic ring is 1. The molecule has 1 aliphatic rings. The fourth-order valence-electron chi connectivity index (χ4n) is 3.18. The van der Waals surface area contributed by atoms with Crippen molar-refractivity contribution >= 4 is 23.3 Å². The highest BCUT2D eigenvalue weighted by Crippen LogP contribution is 2.29. The van der Waals surface area contributed by atoms with Gasteiger partial charge in [-0.05, 0) is 58.7 Å². The average Bonchev–Trinajstić information content (AvgIpc) is 3.34. The van der Waals surface area contributed by atoms with Crippen molar-refractivity contribution in [2.45, 2.75) is 53.4 Å². The molecule has 0 spiro atoms. The van der Waals surface area contributed by atoms with Gasteiger partial charge in [0.05, 0.1) is 18.1 Å². The molecule has 0 saturated carbocycles. The third-order valence-electron chi connectivity index (χ3n) is 5.07. The van der Waals surface area contributed by atoms with E-state index in [0.29, 0.717) is 6.61 Å². The number of ether oxygens (including phenoxy) is 2. The number of hydrogen-bond acceptors (Lipinski definition) is 10. The Morgan fingerprint density at radius 3 is 2.53 bits per heavy atom. The molecule has 0 bridgehead atoms. The Kier molecular flexibility index (Phi) is 14.5. The Morgan fingerprint density at radius 1 is 1.28 bits per heavy atom. The molecule has 0 radical (unpaired) electrons. The number of nitrogens with one attached hydrogen (secondary N) is 1. The Hall–Kier alpha value is -3.47. The van der Waals surface area contributed by atoms with Crippen molar-refractivity contribution in [1.29, 1.82) is 0 Å². The van der Waals surface area contributed by atoms with E-state index in [1.807, 2.05) is 13.8 Å². The Balaban J connectivity index is 0.000000397. The molecule has 0 amide bonds. The first-order valence-corrected chi connectivity index (χ1v) is 12.3. The summed E-state index contributed by atoms with van der Waals surface area (Å²) in [5, 5.41) is 13.6. The van der Waals surface area contributed by atoms with Gasteiger partial charge in [0.1, 0.15) is 6.54 Å². The van der Waals surface area contributed by atoms with E-state index in [-0.39, 0.29) is 30.8 Å². The molecule has 11 heteroatoms. The maximum atomic E-state index is 11.3. The van der Waals surface area contributed by atoms with Crippen LogP contribution in [0.3, 0.4) is 0 Å². The monoisotopic (exact) mass is 504 g/mol. The number of rotatable bonds is 13. The van der Waals surface area contributed by atoms with Crippen LogP contribution in [0.5, 0.6) is 6.01 Å². The lowest BCUT2D eigenvalue weighted by Crippen LogP contribution is -2.21. The number of aromatic nitrogens is 2. The largest absolute Gasteiger partial charge is 0.465 e. The molecule has 0 atom stereocenters. The second-order valence-electron chi connectivity index (χ2n) is 8.23. The summed E-state index contributed by atoms with van der Waals surface area (Å²) in [5.74, 6) is -1.09. The van der Waals surface area contributed by atoms with E-state index in [0.717, 1.165) is 25.0 Å². The van der Waals surface area contributed by atoms with E-state index in [2.05, 4.69) is 51.9 Å². The fraction of sp³-hybridized carbons (Fsp3) is 0.560. The number of unbranched alkanes of at least 4 members (excludes halogenated alkanes) is 1. The molecule has 1 fully saturated rings. The zero-order valence-corrected chi connectivity index (χ0v) is 21.9. The molecule has 3 N–H and O–H groups in total. The smallest absolute Gasteiger partial charge is 0.353 e. The highest BCUT2D eigenvalue weighted by Gasteiger charge is 2.24. The zero-order valence-electron chi connectivity index (χ0n) is 21.9. The summed E-state index contributed by atoms with van der Waals surface area (Å²) in [5.41, 5.74) is 7.57. The van der Waals surface area contributed by atoms with Gasteiger partial charge < -0.3 is 20.5 Å². The van der Waals surface area contributed by atoms with Gasteiger partial charge in [0, 0.05) is 6.54 Å². The summed E-state index contributed by atoms with van der Waals surface area (Å²) in [6.07, 6.45) is 10.9. The number of esters is 1. The van der Waals surface area contributed by atoms with Crippen LogP contribution < -0.4 is 15.8 Å². The molecular weight excluding hydrogens is 464 g/mol. The number of hydrogen-bond donors (Lipinski definition) is 2. The molecule has 0 unspecified atom stereocenters. The quantitative estimate of drug-likeness (QED) is 0.131. The molecule has 36 heavy (non-hydrogen) atoms. The summed E-state index contributed by atoms with van der Waals surface area (Å²) in [4.78, 5) is 31.8. The Morgan fingerprint density at radius 2 is 1.97 bits per heavy atom. The topological polar surface area (TPSA) is 146 Å². The minimum Gasteiger partial charge on any atom is -0.465 e. The number of carbonyl (C=O) groups excluding carboxylic acids is 1. The van der Waals surface area contributed by atoms with Crippen molar-refractivity contribution in [3.05, 3.63) is 46.1 Å². The number of likely N-dealkylation sites (tertiary alicyclic amines) is 1. The van der Waals surface area contributed by atoms with E-state index in [1.54, 1.807) is 6.92 Å². The Labute approximate surface area is 213 Å². The molecule has 11 nitrogen and oxygen atoms in total. The van der Waals surface area contributed by atoms with Crippen LogP contribution in [0.2, 0.25) is 0 Å². The van der Waals surface area contributed by atoms with Gasteiger partial charge in [-0.1, -0.05) is 43.7 Å². The minimum atomic E-state index is -0.724. The van der Waals surface area contributed by atoms with Crippen LogP contribution in [0.1, 0.15) is 53.4 Å². The van der Waals surface area contributed by atoms with Crippen LogP contribution in [-0.4, -0.2) is 65.2 Å². The third-order valence-corrected chi connectivity index (χ3v) is 5.07. The zero-order chi connectivity index (χ0) is 26.9. The van der Waals surface area contributed by atoms with E-state index in [4.69, 9.17) is 15.2 Å². The summed E-state index contributed by atoms with van der Waals surface area (Å²) in [6.45, 7) is 15.6. The number of anilines is 2. The van der Waals surface area contributed by atoms with E-state index in [9.17, 15) is 14.9 Å². The van der Waals surface area contributed by atoms with Gasteiger partial charge >= 0.3 is 17.7 Å². The Bertz CT molecular complexity index is 926. The molecule has 0 aliphatic carbocycles. The molecular formula is C25H40N6O5. The standard InChI is InChI=1S/C13H21N.C12H19N5O5/c1-4-13(8-7-12(2)3)11-14-9-5-6-10-14;1-3-5-6-22-12-15-10(13)9(17(19)20)11(16-12)14-7-8(18)21-4-2/h4,7-8H,2,5-6,9-11H2,1,3H3;3-7H2,1-2H3,(H3,13,14,15,16)/b8-7-,13-4+;. The van der Waals surface area contributed by atoms with E-state index in [1.165, 1.54) is 31.5 Å². The maximum absolute atomic E-state index is 11.3. The van der Waals surface area contributed by atoms with Crippen molar-refractivity contribution in [3.63, 3.8) is 0 Å². The SMILES string of the molecule is C=C(C)/C=C\C(=C/C)CN1CCCC1.CCCCOc1nc(N)c([N+](=O)[O-])c(NCC(=O)OCC)n1. The molecule has 1 aromatic heterocycles. The van der Waals surface area contributed by atoms with Crippen LogP contribution in [0.15, 0.2) is 36.0 Å². The number of nitrogens with two attached hydrogens (primary N) is 1. The van der Waals surface area contributed by atoms with Gasteiger partial charge in [0.2, 0.25) is 11.6 Å². The predicted octanol–water partition coefficient (Wildman–Crippen LogP) is 4.28. The first kappa shape index (κ1) is 30.6. The highest BCUT2D eigenvalue weighted by molar-refractivity contribution is 5.77. The van der Waals surface area contributed by atoms with Gasteiger partial charge in [-0.2, -0.15) is 9.97 Å². The lowest BCUT2D eigenvalue weighted by Gasteiger charge is -2.14. The molecule has 1 aromatic rings. The van der Waals surface area contributed by atoms with Gasteiger partial charge in [0.25, 0.3) is 0 Å². The number of nitrogens with zero attached hydrogens (tertiary/aromatic N) is 4. The van der Waals surface area contributed by atoms with Crippen LogP contribution in [0, 0.1) is 10.1 Å². The second-order valence-corrected chi connectivity index (χ2v) is 8.23. The van der Waals surface area contributed by atoms with Gasteiger partial charge in [0.15, 0.2) is 0 Å². The highest BCUT2D eigenvalue weighted by atomic mass is 16.6. The predicted molar refractivity (Wildman–Crippen MR) is 142 cm³/mol. The normalized spacial score (nSPS) is 13.7. The van der Waals surface area contributed by atoms with E-state index < -0.39 is 16.6 Å². The molecule has 2 heterocycles. The van der Waals surface area contributed by atoms with Crippen LogP contribution >= 0.6 is 0 Å². The number of allylic oxidation sites excluding steroid dienone is 3.